The van der Waals surface area contributed by atoms with Crippen LogP contribution in [0.2, 0.25) is 0 Å². The van der Waals surface area contributed by atoms with Crippen LogP contribution in [0.5, 0.6) is 0 Å². The zero-order chi connectivity index (χ0) is 18.1. The van der Waals surface area contributed by atoms with Crippen molar-refractivity contribution in [3.8, 4) is 0 Å². The van der Waals surface area contributed by atoms with Crippen LogP contribution in [0.3, 0.4) is 0 Å². The molecule has 132 valence electrons. The van der Waals surface area contributed by atoms with Crippen molar-refractivity contribution in [3.05, 3.63) is 66.0 Å². The van der Waals surface area contributed by atoms with E-state index in [9.17, 15) is 9.18 Å². The molecule has 1 unspecified atom stereocenters. The molecular weight excluding hydrogens is 319 g/mol. The van der Waals surface area contributed by atoms with E-state index in [0.29, 0.717) is 18.2 Å². The molecule has 0 bridgehead atoms. The number of nitrogens with zero attached hydrogens (tertiary/aromatic N) is 1. The smallest absolute Gasteiger partial charge is 0.246 e. The number of carbonyl (C=O) groups excluding carboxylic acids is 1. The molecule has 2 aromatic rings. The van der Waals surface area contributed by atoms with E-state index in [0.717, 1.165) is 5.56 Å². The molecule has 0 aliphatic rings. The lowest BCUT2D eigenvalue weighted by molar-refractivity contribution is -0.114. The van der Waals surface area contributed by atoms with E-state index in [4.69, 9.17) is 0 Å². The summed E-state index contributed by atoms with van der Waals surface area (Å²) in [6, 6.07) is 15.8. The third-order valence-corrected chi connectivity index (χ3v) is 3.49. The maximum absolute atomic E-state index is 13.1. The lowest BCUT2D eigenvalue weighted by Crippen LogP contribution is -2.39. The highest BCUT2D eigenvalue weighted by atomic mass is 19.1. The van der Waals surface area contributed by atoms with Crippen molar-refractivity contribution in [2.45, 2.75) is 19.9 Å². The minimum Gasteiger partial charge on any atom is -0.357 e. The third kappa shape index (κ3) is 6.25. The average molecular weight is 342 g/mol. The lowest BCUT2D eigenvalue weighted by atomic mass is 10.1. The number of guanidine groups is 1. The van der Waals surface area contributed by atoms with Crippen LogP contribution in [-0.2, 0) is 4.79 Å². The molecule has 0 radical (unpaired) electrons. The van der Waals surface area contributed by atoms with Gasteiger partial charge in [0.1, 0.15) is 12.4 Å². The first-order chi connectivity index (χ1) is 12.1. The SMILES string of the molecule is CCNC(=NCC(=O)Nc1cccc(F)c1)NC(C)c1ccccc1. The molecule has 0 aliphatic heterocycles. The van der Waals surface area contributed by atoms with Crippen molar-refractivity contribution in [1.29, 1.82) is 0 Å². The Morgan fingerprint density at radius 2 is 1.92 bits per heavy atom. The van der Waals surface area contributed by atoms with Crippen molar-refractivity contribution in [1.82, 2.24) is 10.6 Å². The van der Waals surface area contributed by atoms with Gasteiger partial charge >= 0.3 is 0 Å². The molecule has 0 fully saturated rings. The number of benzene rings is 2. The lowest BCUT2D eigenvalue weighted by Gasteiger charge is -2.18. The van der Waals surface area contributed by atoms with E-state index < -0.39 is 5.82 Å². The first-order valence-corrected chi connectivity index (χ1v) is 8.23. The molecular formula is C19H23FN4O. The number of rotatable bonds is 6. The number of hydrogen-bond acceptors (Lipinski definition) is 2. The summed E-state index contributed by atoms with van der Waals surface area (Å²) in [7, 11) is 0. The van der Waals surface area contributed by atoms with Crippen LogP contribution < -0.4 is 16.0 Å². The molecule has 0 aromatic heterocycles. The van der Waals surface area contributed by atoms with Gasteiger partial charge in [0.25, 0.3) is 0 Å². The Hall–Kier alpha value is -2.89. The van der Waals surface area contributed by atoms with Gasteiger partial charge in [0, 0.05) is 12.2 Å². The number of amides is 1. The number of carbonyl (C=O) groups is 1. The minimum atomic E-state index is -0.395. The van der Waals surface area contributed by atoms with Gasteiger partial charge in [-0.1, -0.05) is 36.4 Å². The van der Waals surface area contributed by atoms with Crippen molar-refractivity contribution >= 4 is 17.6 Å². The van der Waals surface area contributed by atoms with E-state index in [-0.39, 0.29) is 18.5 Å². The van der Waals surface area contributed by atoms with E-state index in [1.807, 2.05) is 44.2 Å². The number of halogens is 1. The van der Waals surface area contributed by atoms with E-state index in [1.54, 1.807) is 12.1 Å². The topological polar surface area (TPSA) is 65.5 Å². The second-order valence-corrected chi connectivity index (χ2v) is 5.53. The predicted octanol–water partition coefficient (Wildman–Crippen LogP) is 3.08. The zero-order valence-electron chi connectivity index (χ0n) is 14.4. The van der Waals surface area contributed by atoms with Gasteiger partial charge in [0.15, 0.2) is 5.96 Å². The molecule has 6 heteroatoms. The Bertz CT molecular complexity index is 718. The second kappa shape index (κ2) is 9.42. The molecule has 0 saturated carbocycles. The maximum atomic E-state index is 13.1. The van der Waals surface area contributed by atoms with E-state index in [2.05, 4.69) is 20.9 Å². The molecule has 3 N–H and O–H groups in total. The molecule has 0 spiro atoms. The molecule has 25 heavy (non-hydrogen) atoms. The standard InChI is InChI=1S/C19H23FN4O/c1-3-21-19(23-14(2)15-8-5-4-6-9-15)22-13-18(25)24-17-11-7-10-16(20)12-17/h4-12,14H,3,13H2,1-2H3,(H,24,25)(H2,21,22,23). The molecule has 2 rings (SSSR count). The molecule has 5 nitrogen and oxygen atoms in total. The minimum absolute atomic E-state index is 0.0466. The number of aliphatic imine (C=N–C) groups is 1. The van der Waals surface area contributed by atoms with Crippen molar-refractivity contribution in [2.24, 2.45) is 4.99 Å². The molecule has 1 atom stereocenters. The van der Waals surface area contributed by atoms with E-state index >= 15 is 0 Å². The molecule has 0 aliphatic carbocycles. The van der Waals surface area contributed by atoms with Crippen molar-refractivity contribution in [3.63, 3.8) is 0 Å². The fourth-order valence-corrected chi connectivity index (χ4v) is 2.27. The normalized spacial score (nSPS) is 12.4. The van der Waals surface area contributed by atoms with Crippen LogP contribution in [0.15, 0.2) is 59.6 Å². The van der Waals surface area contributed by atoms with Crippen LogP contribution in [0, 0.1) is 5.82 Å². The quantitative estimate of drug-likeness (QED) is 0.558. The predicted molar refractivity (Wildman–Crippen MR) is 99.0 cm³/mol. The third-order valence-electron chi connectivity index (χ3n) is 3.49. The molecule has 2 aromatic carbocycles. The van der Waals surface area contributed by atoms with Gasteiger partial charge in [-0.25, -0.2) is 9.38 Å². The number of anilines is 1. The number of nitrogens with one attached hydrogen (secondary N) is 3. The number of hydrogen-bond donors (Lipinski definition) is 3. The Labute approximate surface area is 147 Å². The Morgan fingerprint density at radius 1 is 1.16 bits per heavy atom. The fraction of sp³-hybridized carbons (Fsp3) is 0.263. The monoisotopic (exact) mass is 342 g/mol. The second-order valence-electron chi connectivity index (χ2n) is 5.53. The molecule has 0 saturated heterocycles. The fourth-order valence-electron chi connectivity index (χ4n) is 2.27. The summed E-state index contributed by atoms with van der Waals surface area (Å²) in [4.78, 5) is 16.3. The van der Waals surface area contributed by atoms with Gasteiger partial charge in [-0.05, 0) is 37.6 Å². The Balaban J connectivity index is 1.95. The Kier molecular flexibility index (Phi) is 6.95. The summed E-state index contributed by atoms with van der Waals surface area (Å²) < 4.78 is 13.1. The van der Waals surface area contributed by atoms with Crippen molar-refractivity contribution < 1.29 is 9.18 Å². The van der Waals surface area contributed by atoms with Crippen LogP contribution in [-0.4, -0.2) is 25.0 Å². The Morgan fingerprint density at radius 3 is 2.60 bits per heavy atom. The van der Waals surface area contributed by atoms with Gasteiger partial charge in [0.05, 0.1) is 6.04 Å². The van der Waals surface area contributed by atoms with E-state index in [1.165, 1.54) is 12.1 Å². The zero-order valence-corrected chi connectivity index (χ0v) is 14.4. The largest absolute Gasteiger partial charge is 0.357 e. The first kappa shape index (κ1) is 18.4. The summed E-state index contributed by atoms with van der Waals surface area (Å²) in [5.74, 6) is -0.156. The maximum Gasteiger partial charge on any atom is 0.246 e. The summed E-state index contributed by atoms with van der Waals surface area (Å²) in [6.45, 7) is 4.60. The summed E-state index contributed by atoms with van der Waals surface area (Å²) in [6.07, 6.45) is 0. The van der Waals surface area contributed by atoms with Crippen LogP contribution in [0.25, 0.3) is 0 Å². The van der Waals surface area contributed by atoms with Crippen LogP contribution >= 0.6 is 0 Å². The molecule has 1 amide bonds. The van der Waals surface area contributed by atoms with Gasteiger partial charge < -0.3 is 16.0 Å². The summed E-state index contributed by atoms with van der Waals surface area (Å²) in [5.41, 5.74) is 1.54. The van der Waals surface area contributed by atoms with Crippen LogP contribution in [0.4, 0.5) is 10.1 Å². The van der Waals surface area contributed by atoms with Crippen molar-refractivity contribution in [2.75, 3.05) is 18.4 Å². The van der Waals surface area contributed by atoms with Gasteiger partial charge in [-0.15, -0.1) is 0 Å². The van der Waals surface area contributed by atoms with Gasteiger partial charge in [-0.3, -0.25) is 4.79 Å². The highest BCUT2D eigenvalue weighted by molar-refractivity contribution is 5.94. The highest BCUT2D eigenvalue weighted by Crippen LogP contribution is 2.11. The summed E-state index contributed by atoms with van der Waals surface area (Å²) >= 11 is 0. The van der Waals surface area contributed by atoms with Gasteiger partial charge in [0.2, 0.25) is 5.91 Å². The summed E-state index contributed by atoms with van der Waals surface area (Å²) in [5, 5.41) is 9.00. The van der Waals surface area contributed by atoms with Crippen LogP contribution in [0.1, 0.15) is 25.5 Å². The highest BCUT2D eigenvalue weighted by Gasteiger charge is 2.08. The van der Waals surface area contributed by atoms with Gasteiger partial charge in [-0.2, -0.15) is 0 Å². The first-order valence-electron chi connectivity index (χ1n) is 8.23. The molecule has 0 heterocycles. The average Bonchev–Trinajstić information content (AvgIpc) is 2.60.